The summed E-state index contributed by atoms with van der Waals surface area (Å²) < 4.78 is 44.5. The highest BCUT2D eigenvalue weighted by atomic mass is 32.2. The van der Waals surface area contributed by atoms with Crippen molar-refractivity contribution in [3.63, 3.8) is 0 Å². The maximum Gasteiger partial charge on any atom is 0.243 e. The number of carbonyl (C=O) groups excluding carboxylic acids is 1. The molecule has 2 aromatic carbocycles. The quantitative estimate of drug-likeness (QED) is 0.549. The highest BCUT2D eigenvalue weighted by molar-refractivity contribution is 7.89. The molecule has 1 amide bonds. The van der Waals surface area contributed by atoms with Gasteiger partial charge in [0.1, 0.15) is 0 Å². The van der Waals surface area contributed by atoms with Crippen LogP contribution in [0.15, 0.2) is 47.4 Å². The Bertz CT molecular complexity index is 1060. The summed E-state index contributed by atoms with van der Waals surface area (Å²) >= 11 is 0. The molecule has 0 spiro atoms. The first-order valence-corrected chi connectivity index (χ1v) is 12.8. The van der Waals surface area contributed by atoms with Crippen LogP contribution in [0.3, 0.4) is 0 Å². The van der Waals surface area contributed by atoms with Crippen LogP contribution in [0.4, 0.5) is 0 Å². The summed E-state index contributed by atoms with van der Waals surface area (Å²) in [6.45, 7) is 4.98. The fourth-order valence-electron chi connectivity index (χ4n) is 4.24. The van der Waals surface area contributed by atoms with Gasteiger partial charge in [-0.05, 0) is 42.2 Å². The summed E-state index contributed by atoms with van der Waals surface area (Å²) in [6, 6.07) is 11.9. The summed E-state index contributed by atoms with van der Waals surface area (Å²) in [4.78, 5) is 13.4. The number of nitrogens with one attached hydrogen (secondary N) is 1. The second-order valence-electron chi connectivity index (χ2n) is 8.78. The molecule has 0 unspecified atom stereocenters. The molecule has 0 bridgehead atoms. The standard InChI is InChI=1S/C25H34N2O6S/c1-17(2)11-12-26-25(28)21-16-27(34(29,30)19-9-7-6-8-10-19)15-20(21)18-13-22(31-3)24(33-5)23(14-18)32-4/h6-10,13-14,17,20-21H,11-12,15-16H2,1-5H3,(H,26,28)/t20-,21+/m0/s1. The number of rotatable bonds is 10. The average molecular weight is 491 g/mol. The monoisotopic (exact) mass is 490 g/mol. The predicted molar refractivity (Wildman–Crippen MR) is 130 cm³/mol. The molecule has 1 N–H and O–H groups in total. The molecule has 2 atom stereocenters. The fourth-order valence-corrected chi connectivity index (χ4v) is 5.75. The van der Waals surface area contributed by atoms with Gasteiger partial charge in [0.05, 0.1) is 32.1 Å². The Hall–Kier alpha value is -2.78. The van der Waals surface area contributed by atoms with Crippen molar-refractivity contribution in [2.45, 2.75) is 31.1 Å². The van der Waals surface area contributed by atoms with Crippen molar-refractivity contribution in [1.29, 1.82) is 0 Å². The Morgan fingerprint density at radius 2 is 1.65 bits per heavy atom. The molecule has 1 heterocycles. The third kappa shape index (κ3) is 5.47. The smallest absolute Gasteiger partial charge is 0.243 e. The summed E-state index contributed by atoms with van der Waals surface area (Å²) in [5.41, 5.74) is 0.754. The second kappa shape index (κ2) is 11.1. The molecule has 34 heavy (non-hydrogen) atoms. The van der Waals surface area contributed by atoms with Crippen LogP contribution in [0, 0.1) is 11.8 Å². The molecule has 0 aliphatic carbocycles. The Kier molecular flexibility index (Phi) is 8.43. The van der Waals surface area contributed by atoms with Gasteiger partial charge in [0.2, 0.25) is 21.7 Å². The van der Waals surface area contributed by atoms with E-state index < -0.39 is 15.9 Å². The zero-order valence-electron chi connectivity index (χ0n) is 20.4. The minimum absolute atomic E-state index is 0.0894. The van der Waals surface area contributed by atoms with E-state index in [-0.39, 0.29) is 29.8 Å². The first-order valence-electron chi connectivity index (χ1n) is 11.4. The summed E-state index contributed by atoms with van der Waals surface area (Å²) in [5.74, 6) is 0.702. The Balaban J connectivity index is 1.99. The van der Waals surface area contributed by atoms with Gasteiger partial charge in [-0.25, -0.2) is 8.42 Å². The van der Waals surface area contributed by atoms with Crippen LogP contribution in [-0.4, -0.2) is 59.6 Å². The number of nitrogens with zero attached hydrogens (tertiary/aromatic N) is 1. The molecule has 1 fully saturated rings. The summed E-state index contributed by atoms with van der Waals surface area (Å²) in [7, 11) is 0.816. The van der Waals surface area contributed by atoms with Gasteiger partial charge >= 0.3 is 0 Å². The topological polar surface area (TPSA) is 94.2 Å². The van der Waals surface area contributed by atoms with Gasteiger partial charge in [0, 0.05) is 25.6 Å². The molecule has 9 heteroatoms. The highest BCUT2D eigenvalue weighted by Gasteiger charge is 2.44. The fraction of sp³-hybridized carbons (Fsp3) is 0.480. The molecule has 0 saturated carbocycles. The molecule has 0 radical (unpaired) electrons. The highest BCUT2D eigenvalue weighted by Crippen LogP contribution is 2.44. The third-order valence-corrected chi connectivity index (χ3v) is 7.99. The molecule has 8 nitrogen and oxygen atoms in total. The van der Waals surface area contributed by atoms with E-state index in [9.17, 15) is 13.2 Å². The Labute approximate surface area is 202 Å². The van der Waals surface area contributed by atoms with Crippen LogP contribution in [0.1, 0.15) is 31.7 Å². The van der Waals surface area contributed by atoms with Crippen LogP contribution < -0.4 is 19.5 Å². The predicted octanol–water partition coefficient (Wildman–Crippen LogP) is 3.28. The number of carbonyl (C=O) groups is 1. The van der Waals surface area contributed by atoms with Crippen LogP contribution in [0.2, 0.25) is 0 Å². The van der Waals surface area contributed by atoms with E-state index in [1.807, 2.05) is 0 Å². The van der Waals surface area contributed by atoms with E-state index in [0.717, 1.165) is 12.0 Å². The molecule has 3 rings (SSSR count). The summed E-state index contributed by atoms with van der Waals surface area (Å²) in [5, 5.41) is 3.00. The van der Waals surface area contributed by atoms with Crippen molar-refractivity contribution >= 4 is 15.9 Å². The van der Waals surface area contributed by atoms with Crippen molar-refractivity contribution in [2.75, 3.05) is 41.0 Å². The van der Waals surface area contributed by atoms with Gasteiger partial charge in [-0.3, -0.25) is 4.79 Å². The van der Waals surface area contributed by atoms with E-state index in [2.05, 4.69) is 19.2 Å². The van der Waals surface area contributed by atoms with Gasteiger partial charge < -0.3 is 19.5 Å². The van der Waals surface area contributed by atoms with Crippen molar-refractivity contribution in [3.8, 4) is 17.2 Å². The second-order valence-corrected chi connectivity index (χ2v) is 10.7. The van der Waals surface area contributed by atoms with Gasteiger partial charge in [0.25, 0.3) is 0 Å². The Morgan fingerprint density at radius 1 is 1.03 bits per heavy atom. The SMILES string of the molecule is COc1cc([C@@H]2CN(S(=O)(=O)c3ccccc3)C[C@H]2C(=O)NCCC(C)C)cc(OC)c1OC. The van der Waals surface area contributed by atoms with Crippen LogP contribution in [0.25, 0.3) is 0 Å². The molecular formula is C25H34N2O6S. The van der Waals surface area contributed by atoms with Crippen LogP contribution in [0.5, 0.6) is 17.2 Å². The average Bonchev–Trinajstić information content (AvgIpc) is 3.30. The van der Waals surface area contributed by atoms with Gasteiger partial charge in [-0.1, -0.05) is 32.0 Å². The number of benzene rings is 2. The third-order valence-electron chi connectivity index (χ3n) is 6.14. The molecule has 2 aromatic rings. The van der Waals surface area contributed by atoms with Crippen molar-refractivity contribution in [2.24, 2.45) is 11.8 Å². The summed E-state index contributed by atoms with van der Waals surface area (Å²) in [6.07, 6.45) is 0.847. The van der Waals surface area contributed by atoms with Gasteiger partial charge in [-0.15, -0.1) is 0 Å². The minimum atomic E-state index is -3.76. The van der Waals surface area contributed by atoms with E-state index >= 15 is 0 Å². The number of hydrogen-bond acceptors (Lipinski definition) is 6. The van der Waals surface area contributed by atoms with Gasteiger partial charge in [0.15, 0.2) is 11.5 Å². The maximum absolute atomic E-state index is 13.4. The first kappa shape index (κ1) is 25.8. The van der Waals surface area contributed by atoms with E-state index in [1.54, 1.807) is 42.5 Å². The lowest BCUT2D eigenvalue weighted by Gasteiger charge is -2.21. The van der Waals surface area contributed by atoms with Gasteiger partial charge in [-0.2, -0.15) is 4.31 Å². The molecular weight excluding hydrogens is 456 g/mol. The zero-order valence-corrected chi connectivity index (χ0v) is 21.2. The van der Waals surface area contributed by atoms with Crippen LogP contribution >= 0.6 is 0 Å². The van der Waals surface area contributed by atoms with E-state index in [0.29, 0.717) is 29.7 Å². The zero-order chi connectivity index (χ0) is 24.9. The number of methoxy groups -OCH3 is 3. The molecule has 1 aliphatic rings. The lowest BCUT2D eigenvalue weighted by Crippen LogP contribution is -2.36. The van der Waals surface area contributed by atoms with Crippen LogP contribution in [-0.2, 0) is 14.8 Å². The maximum atomic E-state index is 13.4. The van der Waals surface area contributed by atoms with E-state index in [1.165, 1.54) is 25.6 Å². The van der Waals surface area contributed by atoms with Crippen molar-refractivity contribution in [3.05, 3.63) is 48.0 Å². The number of ether oxygens (including phenoxy) is 3. The molecule has 0 aromatic heterocycles. The lowest BCUT2D eigenvalue weighted by atomic mass is 9.87. The normalized spacial score (nSPS) is 18.6. The van der Waals surface area contributed by atoms with Crippen molar-refractivity contribution in [1.82, 2.24) is 9.62 Å². The van der Waals surface area contributed by atoms with Crippen molar-refractivity contribution < 1.29 is 27.4 Å². The molecule has 1 saturated heterocycles. The number of sulfonamides is 1. The lowest BCUT2D eigenvalue weighted by molar-refractivity contribution is -0.124. The minimum Gasteiger partial charge on any atom is -0.493 e. The largest absolute Gasteiger partial charge is 0.493 e. The first-order chi connectivity index (χ1) is 16.2. The molecule has 186 valence electrons. The Morgan fingerprint density at radius 3 is 2.18 bits per heavy atom. The molecule has 1 aliphatic heterocycles. The number of amides is 1. The number of hydrogen-bond donors (Lipinski definition) is 1. The van der Waals surface area contributed by atoms with E-state index in [4.69, 9.17) is 14.2 Å².